The minimum Gasteiger partial charge on any atom is -0.294 e. The Bertz CT molecular complexity index is 538. The third-order valence-corrected chi connectivity index (χ3v) is 4.55. The molecule has 1 heteroatoms. The second kappa shape index (κ2) is 3.19. The molecule has 3 aliphatic carbocycles. The largest absolute Gasteiger partial charge is 0.294 e. The molecule has 0 unspecified atom stereocenters. The molecule has 17 heavy (non-hydrogen) atoms. The minimum absolute atomic E-state index is 0.250. The molecule has 4 rings (SSSR count). The Morgan fingerprint density at radius 2 is 1.65 bits per heavy atom. The molecule has 0 heterocycles. The van der Waals surface area contributed by atoms with Crippen molar-refractivity contribution < 1.29 is 4.79 Å². The number of hydrogen-bond donors (Lipinski definition) is 0. The molecule has 3 aliphatic rings. The molecule has 1 aromatic rings. The van der Waals surface area contributed by atoms with Gasteiger partial charge in [0.25, 0.3) is 0 Å². The monoisotopic (exact) mass is 222 g/mol. The van der Waals surface area contributed by atoms with Gasteiger partial charge >= 0.3 is 0 Å². The Hall–Kier alpha value is -1.63. The molecule has 84 valence electrons. The van der Waals surface area contributed by atoms with Crippen LogP contribution < -0.4 is 0 Å². The number of benzene rings is 1. The van der Waals surface area contributed by atoms with Crippen molar-refractivity contribution >= 4 is 11.4 Å². The lowest BCUT2D eigenvalue weighted by molar-refractivity contribution is -0.118. The Kier molecular flexibility index (Phi) is 1.77. The standard InChI is InChI=1S/C16H14O/c17-14-9-13(10-4-2-1-3-5-10)15-11-6-7-12(8-11)16(14)15/h1-7,9,11-12,15-16H,8H2/t11-,12+,15+,16-/m1/s1. The summed E-state index contributed by atoms with van der Waals surface area (Å²) < 4.78 is 0. The van der Waals surface area contributed by atoms with E-state index in [1.54, 1.807) is 0 Å². The van der Waals surface area contributed by atoms with Gasteiger partial charge in [0.2, 0.25) is 0 Å². The fourth-order valence-corrected chi connectivity index (χ4v) is 3.89. The fraction of sp³-hybridized carbons (Fsp3) is 0.312. The van der Waals surface area contributed by atoms with Gasteiger partial charge in [-0.3, -0.25) is 4.79 Å². The molecule has 1 nitrogen and oxygen atoms in total. The van der Waals surface area contributed by atoms with Gasteiger partial charge in [0.05, 0.1) is 0 Å². The number of ketones is 1. The topological polar surface area (TPSA) is 17.1 Å². The molecule has 1 aromatic carbocycles. The SMILES string of the molecule is O=C1C=C(c2ccccc2)[C@H]2[C@@H]1[C@H]1C=C[C@@H]2C1. The van der Waals surface area contributed by atoms with Crippen molar-refractivity contribution in [2.24, 2.45) is 23.7 Å². The summed E-state index contributed by atoms with van der Waals surface area (Å²) in [6.45, 7) is 0. The van der Waals surface area contributed by atoms with Crippen molar-refractivity contribution in [2.45, 2.75) is 6.42 Å². The highest BCUT2D eigenvalue weighted by Gasteiger charge is 2.52. The summed E-state index contributed by atoms with van der Waals surface area (Å²) in [5, 5.41) is 0. The minimum atomic E-state index is 0.250. The molecule has 0 aliphatic heterocycles. The quantitative estimate of drug-likeness (QED) is 0.667. The summed E-state index contributed by atoms with van der Waals surface area (Å²) in [6, 6.07) is 10.4. The maximum atomic E-state index is 12.1. The molecule has 1 saturated carbocycles. The number of rotatable bonds is 1. The smallest absolute Gasteiger partial charge is 0.160 e. The van der Waals surface area contributed by atoms with E-state index < -0.39 is 0 Å². The van der Waals surface area contributed by atoms with Crippen LogP contribution in [-0.4, -0.2) is 5.78 Å². The van der Waals surface area contributed by atoms with E-state index >= 15 is 0 Å². The van der Waals surface area contributed by atoms with E-state index in [1.807, 2.05) is 12.1 Å². The zero-order valence-corrected chi connectivity index (χ0v) is 9.54. The molecular formula is C16H14O. The second-order valence-corrected chi connectivity index (χ2v) is 5.37. The van der Waals surface area contributed by atoms with Crippen molar-refractivity contribution in [3.63, 3.8) is 0 Å². The van der Waals surface area contributed by atoms with E-state index in [2.05, 4.69) is 36.4 Å². The zero-order chi connectivity index (χ0) is 11.4. The average Bonchev–Trinajstić information content (AvgIpc) is 3.03. The first kappa shape index (κ1) is 9.41. The summed E-state index contributed by atoms with van der Waals surface area (Å²) in [6.07, 6.45) is 7.66. The van der Waals surface area contributed by atoms with Gasteiger partial charge < -0.3 is 0 Å². The lowest BCUT2D eigenvalue weighted by Gasteiger charge is -2.22. The average molecular weight is 222 g/mol. The number of carbonyl (C=O) groups is 1. The first-order valence-corrected chi connectivity index (χ1v) is 6.34. The number of carbonyl (C=O) groups excluding carboxylic acids is 1. The predicted molar refractivity (Wildman–Crippen MR) is 67.1 cm³/mol. The lowest BCUT2D eigenvalue weighted by Crippen LogP contribution is -2.21. The van der Waals surface area contributed by atoms with Crippen LogP contribution in [0.25, 0.3) is 5.57 Å². The predicted octanol–water partition coefficient (Wildman–Crippen LogP) is 3.09. The Morgan fingerprint density at radius 3 is 2.41 bits per heavy atom. The summed E-state index contributed by atoms with van der Waals surface area (Å²) in [5.74, 6) is 2.17. The van der Waals surface area contributed by atoms with Crippen LogP contribution in [0.2, 0.25) is 0 Å². The van der Waals surface area contributed by atoms with E-state index in [9.17, 15) is 4.79 Å². The van der Waals surface area contributed by atoms with Crippen molar-refractivity contribution in [2.75, 3.05) is 0 Å². The first-order chi connectivity index (χ1) is 8.34. The van der Waals surface area contributed by atoms with Crippen LogP contribution in [0.5, 0.6) is 0 Å². The maximum absolute atomic E-state index is 12.1. The Labute approximate surface area is 101 Å². The van der Waals surface area contributed by atoms with Gasteiger partial charge in [0.1, 0.15) is 0 Å². The van der Waals surface area contributed by atoms with Crippen LogP contribution in [0.3, 0.4) is 0 Å². The van der Waals surface area contributed by atoms with Gasteiger partial charge in [-0.05, 0) is 35.5 Å². The molecule has 2 bridgehead atoms. The highest BCUT2D eigenvalue weighted by atomic mass is 16.1. The van der Waals surface area contributed by atoms with Crippen molar-refractivity contribution in [3.8, 4) is 0 Å². The first-order valence-electron chi connectivity index (χ1n) is 6.34. The molecule has 0 radical (unpaired) electrons. The zero-order valence-electron chi connectivity index (χ0n) is 9.54. The number of fused-ring (bicyclic) bond motifs is 5. The maximum Gasteiger partial charge on any atom is 0.160 e. The van der Waals surface area contributed by atoms with Crippen molar-refractivity contribution in [1.29, 1.82) is 0 Å². The van der Waals surface area contributed by atoms with Gasteiger partial charge in [0, 0.05) is 11.8 Å². The van der Waals surface area contributed by atoms with Crippen LogP contribution >= 0.6 is 0 Å². The normalized spacial score (nSPS) is 37.4. The van der Waals surface area contributed by atoms with E-state index in [4.69, 9.17) is 0 Å². The molecule has 4 atom stereocenters. The van der Waals surface area contributed by atoms with Gasteiger partial charge in [-0.1, -0.05) is 42.5 Å². The highest BCUT2D eigenvalue weighted by Crippen LogP contribution is 2.56. The van der Waals surface area contributed by atoms with Crippen LogP contribution in [0.15, 0.2) is 48.6 Å². The van der Waals surface area contributed by atoms with Gasteiger partial charge in [-0.25, -0.2) is 0 Å². The Morgan fingerprint density at radius 1 is 0.941 bits per heavy atom. The van der Waals surface area contributed by atoms with Gasteiger partial charge in [0.15, 0.2) is 5.78 Å². The number of hydrogen-bond acceptors (Lipinski definition) is 1. The van der Waals surface area contributed by atoms with Crippen LogP contribution in [-0.2, 0) is 4.79 Å². The van der Waals surface area contributed by atoms with Crippen molar-refractivity contribution in [3.05, 3.63) is 54.1 Å². The molecule has 0 saturated heterocycles. The molecule has 0 amide bonds. The summed E-state index contributed by atoms with van der Waals surface area (Å²) in [7, 11) is 0. The number of allylic oxidation sites excluding steroid dienone is 4. The second-order valence-electron chi connectivity index (χ2n) is 5.37. The summed E-state index contributed by atoms with van der Waals surface area (Å²) in [5.41, 5.74) is 2.51. The van der Waals surface area contributed by atoms with Crippen molar-refractivity contribution in [1.82, 2.24) is 0 Å². The van der Waals surface area contributed by atoms with Gasteiger partial charge in [-0.2, -0.15) is 0 Å². The van der Waals surface area contributed by atoms with Gasteiger partial charge in [-0.15, -0.1) is 0 Å². The third kappa shape index (κ3) is 1.17. The molecular weight excluding hydrogens is 208 g/mol. The molecule has 1 fully saturated rings. The summed E-state index contributed by atoms with van der Waals surface area (Å²) >= 11 is 0. The van der Waals surface area contributed by atoms with E-state index in [1.165, 1.54) is 17.6 Å². The molecule has 0 aromatic heterocycles. The van der Waals surface area contributed by atoms with E-state index in [0.717, 1.165) is 0 Å². The van der Waals surface area contributed by atoms with Crippen LogP contribution in [0.4, 0.5) is 0 Å². The summed E-state index contributed by atoms with van der Waals surface area (Å²) in [4.78, 5) is 12.1. The fourth-order valence-electron chi connectivity index (χ4n) is 3.89. The third-order valence-electron chi connectivity index (χ3n) is 4.55. The van der Waals surface area contributed by atoms with Crippen LogP contribution in [0.1, 0.15) is 12.0 Å². The van der Waals surface area contributed by atoms with E-state index in [0.29, 0.717) is 23.5 Å². The highest BCUT2D eigenvalue weighted by molar-refractivity contribution is 6.05. The molecule has 0 spiro atoms. The van der Waals surface area contributed by atoms with E-state index in [-0.39, 0.29) is 5.92 Å². The lowest BCUT2D eigenvalue weighted by atomic mass is 9.80. The Balaban J connectivity index is 1.81. The van der Waals surface area contributed by atoms with Crippen LogP contribution in [0, 0.1) is 23.7 Å². The molecule has 0 N–H and O–H groups in total.